The number of rotatable bonds is 3. The van der Waals surface area contributed by atoms with Crippen LogP contribution in [-0.2, 0) is 4.79 Å². The predicted molar refractivity (Wildman–Crippen MR) is 59.3 cm³/mol. The predicted octanol–water partition coefficient (Wildman–Crippen LogP) is 0.899. The highest BCUT2D eigenvalue weighted by molar-refractivity contribution is 5.86. The van der Waals surface area contributed by atoms with Crippen molar-refractivity contribution in [1.29, 1.82) is 0 Å². The Morgan fingerprint density at radius 2 is 2.13 bits per heavy atom. The number of para-hydroxylation sites is 1. The minimum absolute atomic E-state index is 0.0679. The van der Waals surface area contributed by atoms with Crippen molar-refractivity contribution in [3.63, 3.8) is 0 Å². The molecule has 80 valence electrons. The summed E-state index contributed by atoms with van der Waals surface area (Å²) >= 11 is 0. The summed E-state index contributed by atoms with van der Waals surface area (Å²) < 4.78 is 0. The molecule has 1 N–H and O–H groups in total. The van der Waals surface area contributed by atoms with E-state index in [4.69, 9.17) is 0 Å². The van der Waals surface area contributed by atoms with Crippen molar-refractivity contribution in [2.45, 2.75) is 0 Å². The third-order valence-electron chi connectivity index (χ3n) is 1.89. The van der Waals surface area contributed by atoms with Crippen LogP contribution in [0.2, 0.25) is 0 Å². The van der Waals surface area contributed by atoms with E-state index in [2.05, 4.69) is 4.99 Å². The molecule has 0 unspecified atom stereocenters. The lowest BCUT2D eigenvalue weighted by molar-refractivity contribution is -0.127. The van der Waals surface area contributed by atoms with Crippen LogP contribution in [0.25, 0.3) is 0 Å². The molecule has 4 nitrogen and oxygen atoms in total. The monoisotopic (exact) mass is 206 g/mol. The summed E-state index contributed by atoms with van der Waals surface area (Å²) in [7, 11) is 3.36. The summed E-state index contributed by atoms with van der Waals surface area (Å²) in [5.74, 6) is 0.0974. The molecule has 4 heteroatoms. The number of hydrogen-bond acceptors (Lipinski definition) is 3. The molecule has 1 amide bonds. The molecule has 1 aromatic carbocycles. The first kappa shape index (κ1) is 11.2. The summed E-state index contributed by atoms with van der Waals surface area (Å²) in [6.45, 7) is 0.0985. The van der Waals surface area contributed by atoms with Gasteiger partial charge in [-0.25, -0.2) is 0 Å². The zero-order valence-corrected chi connectivity index (χ0v) is 8.84. The summed E-state index contributed by atoms with van der Waals surface area (Å²) in [6, 6.07) is 6.85. The Morgan fingerprint density at radius 1 is 1.47 bits per heavy atom. The maximum Gasteiger partial charge on any atom is 0.243 e. The fourth-order valence-corrected chi connectivity index (χ4v) is 0.960. The molecule has 0 aliphatic rings. The standard InChI is InChI=1S/C11H14N2O2/c1-13(2)11(15)8-12-7-9-5-3-4-6-10(9)14/h3-7,14H,8H2,1-2H3. The van der Waals surface area contributed by atoms with E-state index in [9.17, 15) is 9.90 Å². The highest BCUT2D eigenvalue weighted by Crippen LogP contribution is 2.12. The van der Waals surface area contributed by atoms with Gasteiger partial charge in [0.2, 0.25) is 5.91 Å². The molecule has 0 saturated heterocycles. The van der Waals surface area contributed by atoms with Gasteiger partial charge in [0.1, 0.15) is 12.3 Å². The molecule has 0 aromatic heterocycles. The average Bonchev–Trinajstić information content (AvgIpc) is 2.20. The van der Waals surface area contributed by atoms with E-state index in [1.165, 1.54) is 11.1 Å². The number of amides is 1. The van der Waals surface area contributed by atoms with Gasteiger partial charge in [-0.15, -0.1) is 0 Å². The molecule has 15 heavy (non-hydrogen) atoms. The van der Waals surface area contributed by atoms with E-state index in [-0.39, 0.29) is 18.2 Å². The normalized spacial score (nSPS) is 10.5. The topological polar surface area (TPSA) is 52.9 Å². The SMILES string of the molecule is CN(C)C(=O)CN=Cc1ccccc1O. The number of aromatic hydroxyl groups is 1. The van der Waals surface area contributed by atoms with Crippen LogP contribution < -0.4 is 0 Å². The number of likely N-dealkylation sites (N-methyl/N-ethyl adjacent to an activating group) is 1. The molecule has 0 heterocycles. The van der Waals surface area contributed by atoms with E-state index >= 15 is 0 Å². The van der Waals surface area contributed by atoms with Crippen molar-refractivity contribution in [1.82, 2.24) is 4.90 Å². The number of hydrogen-bond donors (Lipinski definition) is 1. The molecule has 0 bridgehead atoms. The van der Waals surface area contributed by atoms with Gasteiger partial charge in [-0.3, -0.25) is 9.79 Å². The van der Waals surface area contributed by atoms with Gasteiger partial charge in [-0.2, -0.15) is 0 Å². The largest absolute Gasteiger partial charge is 0.507 e. The van der Waals surface area contributed by atoms with Crippen molar-refractivity contribution < 1.29 is 9.90 Å². The van der Waals surface area contributed by atoms with Gasteiger partial charge in [0.25, 0.3) is 0 Å². The summed E-state index contributed by atoms with van der Waals surface area (Å²) in [6.07, 6.45) is 1.50. The quantitative estimate of drug-likeness (QED) is 0.747. The first-order valence-corrected chi connectivity index (χ1v) is 4.59. The number of phenolic OH excluding ortho intramolecular Hbond substituents is 1. The summed E-state index contributed by atoms with van der Waals surface area (Å²) in [4.78, 5) is 16.6. The van der Waals surface area contributed by atoms with Crippen LogP contribution in [0.4, 0.5) is 0 Å². The van der Waals surface area contributed by atoms with Crippen LogP contribution in [-0.4, -0.2) is 42.8 Å². The third-order valence-corrected chi connectivity index (χ3v) is 1.89. The molecular weight excluding hydrogens is 192 g/mol. The first-order chi connectivity index (χ1) is 7.11. The Labute approximate surface area is 88.9 Å². The molecule has 0 aliphatic heterocycles. The van der Waals surface area contributed by atoms with Gasteiger partial charge in [-0.05, 0) is 12.1 Å². The van der Waals surface area contributed by atoms with Crippen LogP contribution in [0, 0.1) is 0 Å². The van der Waals surface area contributed by atoms with Gasteiger partial charge in [0.05, 0.1) is 0 Å². The highest BCUT2D eigenvalue weighted by atomic mass is 16.3. The number of benzene rings is 1. The van der Waals surface area contributed by atoms with Gasteiger partial charge < -0.3 is 10.0 Å². The van der Waals surface area contributed by atoms with Crippen molar-refractivity contribution >= 4 is 12.1 Å². The lowest BCUT2D eigenvalue weighted by Crippen LogP contribution is -2.24. The van der Waals surface area contributed by atoms with Crippen molar-refractivity contribution in [2.24, 2.45) is 4.99 Å². The molecule has 1 aromatic rings. The number of phenols is 1. The molecule has 0 spiro atoms. The second-order valence-corrected chi connectivity index (χ2v) is 3.32. The number of aliphatic imine (C=N–C) groups is 1. The van der Waals surface area contributed by atoms with E-state index in [1.807, 2.05) is 0 Å². The average molecular weight is 206 g/mol. The minimum Gasteiger partial charge on any atom is -0.507 e. The smallest absolute Gasteiger partial charge is 0.243 e. The molecular formula is C11H14N2O2. The van der Waals surface area contributed by atoms with Gasteiger partial charge in [0.15, 0.2) is 0 Å². The Bertz CT molecular complexity index is 373. The summed E-state index contributed by atoms with van der Waals surface area (Å²) in [5.41, 5.74) is 0.615. The Balaban J connectivity index is 2.59. The molecule has 0 atom stereocenters. The first-order valence-electron chi connectivity index (χ1n) is 4.59. The van der Waals surface area contributed by atoms with E-state index < -0.39 is 0 Å². The molecule has 0 aliphatic carbocycles. The molecule has 0 saturated carbocycles. The van der Waals surface area contributed by atoms with Crippen LogP contribution in [0.5, 0.6) is 5.75 Å². The van der Waals surface area contributed by atoms with Crippen molar-refractivity contribution in [2.75, 3.05) is 20.6 Å². The number of nitrogens with zero attached hydrogens (tertiary/aromatic N) is 2. The van der Waals surface area contributed by atoms with Gasteiger partial charge in [0, 0.05) is 25.9 Å². The van der Waals surface area contributed by atoms with E-state index in [0.29, 0.717) is 5.56 Å². The van der Waals surface area contributed by atoms with Crippen LogP contribution in [0.3, 0.4) is 0 Å². The minimum atomic E-state index is -0.0679. The maximum atomic E-state index is 11.2. The zero-order valence-electron chi connectivity index (χ0n) is 8.84. The fourth-order valence-electron chi connectivity index (χ4n) is 0.960. The van der Waals surface area contributed by atoms with Crippen LogP contribution in [0.1, 0.15) is 5.56 Å². The van der Waals surface area contributed by atoms with Crippen molar-refractivity contribution in [3.8, 4) is 5.75 Å². The lowest BCUT2D eigenvalue weighted by Gasteiger charge is -2.06. The second kappa shape index (κ2) is 5.14. The van der Waals surface area contributed by atoms with E-state index in [1.54, 1.807) is 38.4 Å². The number of carbonyl (C=O) groups is 1. The highest BCUT2D eigenvalue weighted by Gasteiger charge is 2.00. The summed E-state index contributed by atoms with van der Waals surface area (Å²) in [5, 5.41) is 9.40. The third kappa shape index (κ3) is 3.42. The van der Waals surface area contributed by atoms with Gasteiger partial charge >= 0.3 is 0 Å². The van der Waals surface area contributed by atoms with E-state index in [0.717, 1.165) is 0 Å². The lowest BCUT2D eigenvalue weighted by atomic mass is 10.2. The number of carbonyl (C=O) groups excluding carboxylic acids is 1. The zero-order chi connectivity index (χ0) is 11.3. The maximum absolute atomic E-state index is 11.2. The molecule has 0 radical (unpaired) electrons. The Kier molecular flexibility index (Phi) is 3.85. The second-order valence-electron chi connectivity index (χ2n) is 3.32. The van der Waals surface area contributed by atoms with Crippen LogP contribution >= 0.6 is 0 Å². The van der Waals surface area contributed by atoms with Gasteiger partial charge in [-0.1, -0.05) is 12.1 Å². The molecule has 1 rings (SSSR count). The fraction of sp³-hybridized carbons (Fsp3) is 0.273. The molecule has 0 fully saturated rings. The van der Waals surface area contributed by atoms with Crippen molar-refractivity contribution in [3.05, 3.63) is 29.8 Å². The van der Waals surface area contributed by atoms with Crippen LogP contribution in [0.15, 0.2) is 29.3 Å². The Morgan fingerprint density at radius 3 is 2.73 bits per heavy atom. The Hall–Kier alpha value is -1.84.